The first-order chi connectivity index (χ1) is 11.4. The van der Waals surface area contributed by atoms with Crippen LogP contribution in [0.2, 0.25) is 0 Å². The van der Waals surface area contributed by atoms with E-state index in [1.54, 1.807) is 13.0 Å². The van der Waals surface area contributed by atoms with Crippen LogP contribution < -0.4 is 0 Å². The Bertz CT molecular complexity index is 831. The van der Waals surface area contributed by atoms with E-state index in [-0.39, 0.29) is 23.6 Å². The SMILES string of the molecule is Cc1cc2nnc(S(=O)(=O)CCO[C@H]3CCCC[C@H]3C)n2c(C)n1. The third-order valence-corrected chi connectivity index (χ3v) is 6.18. The Morgan fingerprint density at radius 2 is 2.00 bits per heavy atom. The summed E-state index contributed by atoms with van der Waals surface area (Å²) in [4.78, 5) is 4.30. The maximum Gasteiger partial charge on any atom is 0.255 e. The first-order valence-electron chi connectivity index (χ1n) is 8.42. The Kier molecular flexibility index (Phi) is 4.87. The summed E-state index contributed by atoms with van der Waals surface area (Å²) in [6.07, 6.45) is 4.71. The van der Waals surface area contributed by atoms with Gasteiger partial charge in [0.2, 0.25) is 9.84 Å². The molecular formula is C16H24N4O3S. The zero-order chi connectivity index (χ0) is 17.3. The minimum Gasteiger partial charge on any atom is -0.377 e. The van der Waals surface area contributed by atoms with Gasteiger partial charge in [0, 0.05) is 11.8 Å². The van der Waals surface area contributed by atoms with E-state index in [1.165, 1.54) is 10.8 Å². The number of sulfone groups is 1. The average Bonchev–Trinajstić information content (AvgIpc) is 2.94. The van der Waals surface area contributed by atoms with E-state index in [9.17, 15) is 8.42 Å². The van der Waals surface area contributed by atoms with Gasteiger partial charge in [-0.05, 0) is 32.6 Å². The first-order valence-corrected chi connectivity index (χ1v) is 10.1. The maximum absolute atomic E-state index is 12.6. The van der Waals surface area contributed by atoms with Gasteiger partial charge in [0.25, 0.3) is 5.16 Å². The van der Waals surface area contributed by atoms with Crippen LogP contribution in [0.25, 0.3) is 5.65 Å². The maximum atomic E-state index is 12.6. The highest BCUT2D eigenvalue weighted by Gasteiger charge is 2.26. The van der Waals surface area contributed by atoms with Crippen LogP contribution in [0.5, 0.6) is 0 Å². The molecule has 1 aliphatic rings. The highest BCUT2D eigenvalue weighted by atomic mass is 32.2. The highest BCUT2D eigenvalue weighted by molar-refractivity contribution is 7.91. The minimum atomic E-state index is -3.57. The largest absolute Gasteiger partial charge is 0.377 e. The number of aryl methyl sites for hydroxylation is 2. The lowest BCUT2D eigenvalue weighted by Crippen LogP contribution is -2.28. The molecule has 0 aliphatic heterocycles. The summed E-state index contributed by atoms with van der Waals surface area (Å²) < 4.78 is 32.6. The van der Waals surface area contributed by atoms with Crippen molar-refractivity contribution in [1.29, 1.82) is 0 Å². The van der Waals surface area contributed by atoms with E-state index in [0.717, 1.165) is 25.0 Å². The molecule has 2 atom stereocenters. The predicted molar refractivity (Wildman–Crippen MR) is 89.7 cm³/mol. The van der Waals surface area contributed by atoms with Crippen molar-refractivity contribution in [3.8, 4) is 0 Å². The van der Waals surface area contributed by atoms with Crippen LogP contribution in [0.3, 0.4) is 0 Å². The van der Waals surface area contributed by atoms with Crippen molar-refractivity contribution in [1.82, 2.24) is 19.6 Å². The molecule has 0 spiro atoms. The van der Waals surface area contributed by atoms with Gasteiger partial charge in [0.1, 0.15) is 5.82 Å². The number of ether oxygens (including phenoxy) is 1. The second-order valence-electron chi connectivity index (χ2n) is 6.61. The van der Waals surface area contributed by atoms with Crippen molar-refractivity contribution in [3.63, 3.8) is 0 Å². The molecule has 2 aromatic rings. The van der Waals surface area contributed by atoms with Crippen LogP contribution >= 0.6 is 0 Å². The number of nitrogens with zero attached hydrogens (tertiary/aromatic N) is 4. The van der Waals surface area contributed by atoms with Crippen molar-refractivity contribution < 1.29 is 13.2 Å². The normalized spacial score (nSPS) is 22.1. The minimum absolute atomic E-state index is 0.0530. The Hall–Kier alpha value is -1.54. The topological polar surface area (TPSA) is 86.5 Å². The number of rotatable bonds is 5. The molecule has 2 aromatic heterocycles. The lowest BCUT2D eigenvalue weighted by molar-refractivity contribution is 0.00299. The van der Waals surface area contributed by atoms with Gasteiger partial charge in [-0.25, -0.2) is 13.4 Å². The van der Waals surface area contributed by atoms with Crippen molar-refractivity contribution in [2.45, 2.75) is 57.7 Å². The van der Waals surface area contributed by atoms with Crippen LogP contribution in [0.1, 0.15) is 44.1 Å². The third kappa shape index (κ3) is 3.44. The van der Waals surface area contributed by atoms with Crippen molar-refractivity contribution >= 4 is 15.5 Å². The van der Waals surface area contributed by atoms with Crippen molar-refractivity contribution in [2.24, 2.45) is 5.92 Å². The molecule has 1 saturated carbocycles. The second-order valence-corrected chi connectivity index (χ2v) is 8.61. The number of fused-ring (bicyclic) bond motifs is 1. The Labute approximate surface area is 142 Å². The number of hydrogen-bond donors (Lipinski definition) is 0. The van der Waals surface area contributed by atoms with Gasteiger partial charge >= 0.3 is 0 Å². The van der Waals surface area contributed by atoms with E-state index in [4.69, 9.17) is 4.74 Å². The summed E-state index contributed by atoms with van der Waals surface area (Å²) in [5.41, 5.74) is 1.28. The molecule has 1 aliphatic carbocycles. The molecule has 132 valence electrons. The average molecular weight is 352 g/mol. The van der Waals surface area contributed by atoms with Gasteiger partial charge in [0.05, 0.1) is 18.5 Å². The summed E-state index contributed by atoms with van der Waals surface area (Å²) >= 11 is 0. The molecule has 0 aromatic carbocycles. The molecule has 0 N–H and O–H groups in total. The Morgan fingerprint density at radius 1 is 1.25 bits per heavy atom. The molecule has 2 heterocycles. The summed E-state index contributed by atoms with van der Waals surface area (Å²) in [7, 11) is -3.57. The van der Waals surface area contributed by atoms with Gasteiger partial charge < -0.3 is 4.74 Å². The summed E-state index contributed by atoms with van der Waals surface area (Å²) in [5, 5.41) is 7.80. The van der Waals surface area contributed by atoms with E-state index >= 15 is 0 Å². The van der Waals surface area contributed by atoms with Gasteiger partial charge in [0.15, 0.2) is 5.65 Å². The molecule has 24 heavy (non-hydrogen) atoms. The lowest BCUT2D eigenvalue weighted by atomic mass is 9.88. The Balaban J connectivity index is 1.74. The van der Waals surface area contributed by atoms with Crippen LogP contribution in [-0.4, -0.2) is 46.5 Å². The molecule has 8 heteroatoms. The first kappa shape index (κ1) is 17.3. The standard InChI is InChI=1S/C16H24N4O3S/c1-11-6-4-5-7-14(11)23-8-9-24(21,22)16-19-18-15-10-12(2)17-13(3)20(15)16/h10-11,14H,4-9H2,1-3H3/t11-,14+/m1/s1. The van der Waals surface area contributed by atoms with Crippen LogP contribution in [0.15, 0.2) is 11.2 Å². The summed E-state index contributed by atoms with van der Waals surface area (Å²) in [5.74, 6) is 0.963. The van der Waals surface area contributed by atoms with Crippen LogP contribution in [0.4, 0.5) is 0 Å². The van der Waals surface area contributed by atoms with Gasteiger partial charge in [-0.15, -0.1) is 10.2 Å². The lowest BCUT2D eigenvalue weighted by Gasteiger charge is -2.28. The molecule has 0 saturated heterocycles. The molecule has 3 rings (SSSR count). The fourth-order valence-corrected chi connectivity index (χ4v) is 4.50. The van der Waals surface area contributed by atoms with Gasteiger partial charge in [-0.1, -0.05) is 19.8 Å². The van der Waals surface area contributed by atoms with Crippen molar-refractivity contribution in [2.75, 3.05) is 12.4 Å². The second kappa shape index (κ2) is 6.76. The molecule has 0 unspecified atom stereocenters. The molecule has 0 radical (unpaired) electrons. The number of hydrogen-bond acceptors (Lipinski definition) is 6. The van der Waals surface area contributed by atoms with Crippen LogP contribution in [-0.2, 0) is 14.6 Å². The molecule has 1 fully saturated rings. The van der Waals surface area contributed by atoms with Gasteiger partial charge in [-0.3, -0.25) is 4.40 Å². The predicted octanol–water partition coefficient (Wildman–Crippen LogP) is 2.11. The van der Waals surface area contributed by atoms with Gasteiger partial charge in [-0.2, -0.15) is 0 Å². The fraction of sp³-hybridized carbons (Fsp3) is 0.688. The van der Waals surface area contributed by atoms with E-state index < -0.39 is 9.84 Å². The van der Waals surface area contributed by atoms with Crippen LogP contribution in [0, 0.1) is 19.8 Å². The quantitative estimate of drug-likeness (QED) is 0.819. The smallest absolute Gasteiger partial charge is 0.255 e. The summed E-state index contributed by atoms with van der Waals surface area (Å²) in [6.45, 7) is 5.95. The molecular weight excluding hydrogens is 328 g/mol. The fourth-order valence-electron chi connectivity index (χ4n) is 3.33. The number of aromatic nitrogens is 4. The third-order valence-electron chi connectivity index (χ3n) is 4.65. The zero-order valence-corrected chi connectivity index (χ0v) is 15.2. The monoisotopic (exact) mass is 352 g/mol. The Morgan fingerprint density at radius 3 is 2.75 bits per heavy atom. The van der Waals surface area contributed by atoms with E-state index in [0.29, 0.717) is 17.4 Å². The van der Waals surface area contributed by atoms with Crippen molar-refractivity contribution in [3.05, 3.63) is 17.6 Å². The molecule has 0 bridgehead atoms. The zero-order valence-electron chi connectivity index (χ0n) is 14.4. The molecule has 7 nitrogen and oxygen atoms in total. The van der Waals surface area contributed by atoms with E-state index in [1.807, 2.05) is 6.92 Å². The molecule has 0 amide bonds. The van der Waals surface area contributed by atoms with E-state index in [2.05, 4.69) is 22.1 Å². The summed E-state index contributed by atoms with van der Waals surface area (Å²) in [6, 6.07) is 1.72. The highest BCUT2D eigenvalue weighted by Crippen LogP contribution is 2.26.